The highest BCUT2D eigenvalue weighted by molar-refractivity contribution is 7.92. The number of ether oxygens (including phenoxy) is 3. The summed E-state index contributed by atoms with van der Waals surface area (Å²) in [5, 5.41) is 5.71. The van der Waals surface area contributed by atoms with Crippen molar-refractivity contribution in [2.75, 3.05) is 86.7 Å². The van der Waals surface area contributed by atoms with E-state index in [9.17, 15) is 21.6 Å². The Morgan fingerprint density at radius 1 is 1.07 bits per heavy atom. The zero-order valence-electron chi connectivity index (χ0n) is 25.7. The number of methoxy groups -OCH3 is 1. The summed E-state index contributed by atoms with van der Waals surface area (Å²) in [7, 11) is 1.02. The van der Waals surface area contributed by atoms with Crippen LogP contribution < -0.4 is 34.0 Å². The van der Waals surface area contributed by atoms with E-state index in [2.05, 4.69) is 37.4 Å². The number of benzene rings is 2. The highest BCUT2D eigenvalue weighted by Crippen LogP contribution is 2.47. The van der Waals surface area contributed by atoms with Gasteiger partial charge in [-0.15, -0.1) is 0 Å². The first-order valence-corrected chi connectivity index (χ1v) is 16.1. The van der Waals surface area contributed by atoms with Crippen molar-refractivity contribution in [1.29, 1.82) is 0 Å². The fourth-order valence-electron chi connectivity index (χ4n) is 5.18. The van der Waals surface area contributed by atoms with E-state index in [-0.39, 0.29) is 42.0 Å². The molecule has 0 bridgehead atoms. The van der Waals surface area contributed by atoms with Crippen molar-refractivity contribution in [1.82, 2.24) is 14.9 Å². The van der Waals surface area contributed by atoms with Gasteiger partial charge in [0.15, 0.2) is 11.5 Å². The molecule has 1 aromatic heterocycles. The second-order valence-corrected chi connectivity index (χ2v) is 12.8. The molecule has 12 nitrogen and oxygen atoms in total. The van der Waals surface area contributed by atoms with Crippen LogP contribution in [0.25, 0.3) is 0 Å². The molecular formula is C29H36F3N7O5S. The Hall–Kier alpha value is -4.18. The summed E-state index contributed by atoms with van der Waals surface area (Å²) in [6.07, 6.45) is -2.47. The average molecular weight is 652 g/mol. The Labute approximate surface area is 260 Å². The molecule has 16 heteroatoms. The van der Waals surface area contributed by atoms with Gasteiger partial charge >= 0.3 is 6.18 Å². The topological polar surface area (TPSA) is 121 Å². The monoisotopic (exact) mass is 651 g/mol. The van der Waals surface area contributed by atoms with Gasteiger partial charge in [0.2, 0.25) is 16.0 Å². The zero-order valence-corrected chi connectivity index (χ0v) is 26.5. The third-order valence-corrected chi connectivity index (χ3v) is 8.89. The maximum atomic E-state index is 14.2. The molecule has 0 aliphatic carbocycles. The van der Waals surface area contributed by atoms with E-state index in [1.165, 1.54) is 26.3 Å². The number of aromatic nitrogens is 2. The lowest BCUT2D eigenvalue weighted by molar-refractivity contribution is -0.137. The van der Waals surface area contributed by atoms with E-state index < -0.39 is 27.6 Å². The quantitative estimate of drug-likeness (QED) is 0.341. The van der Waals surface area contributed by atoms with Gasteiger partial charge in [-0.2, -0.15) is 18.2 Å². The number of rotatable bonds is 9. The van der Waals surface area contributed by atoms with Crippen molar-refractivity contribution in [3.05, 3.63) is 41.6 Å². The molecule has 244 valence electrons. The normalized spacial score (nSPS) is 15.5. The molecule has 0 saturated carbocycles. The van der Waals surface area contributed by atoms with Gasteiger partial charge in [-0.05, 0) is 37.2 Å². The molecule has 3 heterocycles. The number of piperazine rings is 1. The molecule has 3 aromatic rings. The minimum Gasteiger partial charge on any atom is -0.494 e. The highest BCUT2D eigenvalue weighted by atomic mass is 32.2. The number of nitrogens with zero attached hydrogens (tertiary/aromatic N) is 5. The Balaban J connectivity index is 1.54. The van der Waals surface area contributed by atoms with Gasteiger partial charge in [0.25, 0.3) is 0 Å². The van der Waals surface area contributed by atoms with Gasteiger partial charge in [-0.25, -0.2) is 13.4 Å². The summed E-state index contributed by atoms with van der Waals surface area (Å²) in [6, 6.07) is 6.70. The van der Waals surface area contributed by atoms with Crippen LogP contribution in [0.3, 0.4) is 0 Å². The van der Waals surface area contributed by atoms with Crippen LogP contribution in [0.4, 0.5) is 47.7 Å². The van der Waals surface area contributed by atoms with Crippen LogP contribution in [-0.4, -0.2) is 90.1 Å². The lowest BCUT2D eigenvalue weighted by atomic mass is 10.1. The van der Waals surface area contributed by atoms with Gasteiger partial charge < -0.3 is 34.6 Å². The van der Waals surface area contributed by atoms with Crippen molar-refractivity contribution in [2.45, 2.75) is 19.5 Å². The molecule has 0 unspecified atom stereocenters. The van der Waals surface area contributed by atoms with Crippen molar-refractivity contribution in [2.24, 2.45) is 0 Å². The lowest BCUT2D eigenvalue weighted by Crippen LogP contribution is -2.44. The Morgan fingerprint density at radius 2 is 1.78 bits per heavy atom. The second-order valence-electron chi connectivity index (χ2n) is 10.7. The van der Waals surface area contributed by atoms with E-state index in [4.69, 9.17) is 14.2 Å². The maximum Gasteiger partial charge on any atom is 0.421 e. The van der Waals surface area contributed by atoms with Crippen LogP contribution >= 0.6 is 0 Å². The van der Waals surface area contributed by atoms with Crippen LogP contribution in [0.5, 0.6) is 17.2 Å². The third kappa shape index (κ3) is 6.91. The number of anilines is 6. The van der Waals surface area contributed by atoms with Crippen LogP contribution in [0, 0.1) is 0 Å². The highest BCUT2D eigenvalue weighted by Gasteiger charge is 2.36. The second kappa shape index (κ2) is 12.7. The summed E-state index contributed by atoms with van der Waals surface area (Å²) < 4.78 is 85.4. The summed E-state index contributed by atoms with van der Waals surface area (Å²) in [5.74, 6) is 0.0926. The van der Waals surface area contributed by atoms with Crippen molar-refractivity contribution in [3.63, 3.8) is 0 Å². The van der Waals surface area contributed by atoms with Gasteiger partial charge in [-0.1, -0.05) is 6.92 Å². The number of aryl methyl sites for hydroxylation is 1. The molecule has 2 aliphatic rings. The number of alkyl halides is 3. The molecule has 2 aliphatic heterocycles. The molecule has 5 rings (SSSR count). The third-order valence-electron chi connectivity index (χ3n) is 7.71. The van der Waals surface area contributed by atoms with Crippen LogP contribution in [-0.2, 0) is 22.6 Å². The number of hydrogen-bond donors (Lipinski definition) is 2. The fraction of sp³-hybridized carbons (Fsp3) is 0.448. The van der Waals surface area contributed by atoms with Gasteiger partial charge in [0, 0.05) is 51.2 Å². The largest absolute Gasteiger partial charge is 0.494 e. The van der Waals surface area contributed by atoms with Crippen molar-refractivity contribution in [3.8, 4) is 17.2 Å². The number of hydrogen-bond acceptors (Lipinski definition) is 11. The smallest absolute Gasteiger partial charge is 0.421 e. The molecule has 2 aromatic carbocycles. The molecule has 45 heavy (non-hydrogen) atoms. The first-order chi connectivity index (χ1) is 21.3. The molecular weight excluding hydrogens is 615 g/mol. The van der Waals surface area contributed by atoms with Crippen LogP contribution in [0.1, 0.15) is 18.1 Å². The van der Waals surface area contributed by atoms with E-state index in [1.807, 2.05) is 19.1 Å². The Kier molecular flexibility index (Phi) is 9.07. The number of fused-ring (bicyclic) bond motifs is 1. The van der Waals surface area contributed by atoms with Gasteiger partial charge in [0.05, 0.1) is 24.7 Å². The Morgan fingerprint density at radius 3 is 2.42 bits per heavy atom. The van der Waals surface area contributed by atoms with Crippen molar-refractivity contribution >= 4 is 44.5 Å². The number of sulfonamides is 1. The number of halogens is 3. The predicted octanol–water partition coefficient (Wildman–Crippen LogP) is 4.47. The molecule has 1 fully saturated rings. The zero-order chi connectivity index (χ0) is 32.5. The fourth-order valence-corrected chi connectivity index (χ4v) is 5.69. The first kappa shape index (κ1) is 32.2. The molecule has 2 N–H and O–H groups in total. The standard InChI is InChI=1S/C29H36F3N7O5S/c1-6-18-15-21(24(42-4)16-22(18)39-11-9-37(2)10-12-39)35-28-33-17-19(29(30,31)32)27(36-28)34-20-7-8-23-26(44-14-13-43-23)25(20)38(3)45(5,40)41/h7-8,15-17H,6,9-14H2,1-5H3,(H2,33,34,35,36). The number of nitrogens with one attached hydrogen (secondary N) is 2. The minimum absolute atomic E-state index is 0.00436. The Bertz CT molecular complexity index is 1660. The summed E-state index contributed by atoms with van der Waals surface area (Å²) >= 11 is 0. The molecule has 1 saturated heterocycles. The first-order valence-electron chi connectivity index (χ1n) is 14.3. The van der Waals surface area contributed by atoms with E-state index >= 15 is 0 Å². The van der Waals surface area contributed by atoms with Gasteiger partial charge in [-0.3, -0.25) is 4.31 Å². The lowest BCUT2D eigenvalue weighted by Gasteiger charge is -2.35. The van der Waals surface area contributed by atoms with Crippen molar-refractivity contribution < 1.29 is 35.8 Å². The van der Waals surface area contributed by atoms with E-state index in [1.54, 1.807) is 0 Å². The summed E-state index contributed by atoms with van der Waals surface area (Å²) in [5.41, 5.74) is 1.37. The summed E-state index contributed by atoms with van der Waals surface area (Å²) in [4.78, 5) is 12.7. The van der Waals surface area contributed by atoms with E-state index in [0.717, 1.165) is 48.0 Å². The molecule has 0 radical (unpaired) electrons. The molecule has 0 spiro atoms. The van der Waals surface area contributed by atoms with Crippen LogP contribution in [0.2, 0.25) is 0 Å². The minimum atomic E-state index is -4.82. The van der Waals surface area contributed by atoms with Crippen LogP contribution in [0.15, 0.2) is 30.5 Å². The number of likely N-dealkylation sites (N-methyl/N-ethyl adjacent to an activating group) is 1. The van der Waals surface area contributed by atoms with Gasteiger partial charge in [0.1, 0.15) is 36.0 Å². The SMILES string of the molecule is CCc1cc(Nc2ncc(C(F)(F)F)c(Nc3ccc4c(c3N(C)S(C)(=O)=O)OCCO4)n2)c(OC)cc1N1CCN(C)CC1. The van der Waals surface area contributed by atoms with E-state index in [0.29, 0.717) is 24.1 Å². The molecule has 0 amide bonds. The predicted molar refractivity (Wildman–Crippen MR) is 166 cm³/mol. The average Bonchev–Trinajstić information content (AvgIpc) is 3.00. The maximum absolute atomic E-state index is 14.2. The molecule has 0 atom stereocenters. The summed E-state index contributed by atoms with van der Waals surface area (Å²) in [6.45, 7) is 5.95.